The van der Waals surface area contributed by atoms with Crippen LogP contribution in [0.1, 0.15) is 31.9 Å². The minimum absolute atomic E-state index is 0.0367. The smallest absolute Gasteiger partial charge is 0.244 e. The molecule has 0 atom stereocenters. The lowest BCUT2D eigenvalue weighted by molar-refractivity contribution is -0.117. The highest BCUT2D eigenvalue weighted by atomic mass is 127. The lowest BCUT2D eigenvalue weighted by Gasteiger charge is -2.31. The highest BCUT2D eigenvalue weighted by Crippen LogP contribution is 2.12. The van der Waals surface area contributed by atoms with Gasteiger partial charge in [-0.05, 0) is 66.6 Å². The molecule has 2 rings (SSSR count). The number of piperidine rings is 1. The molecule has 1 amide bonds. The number of carbonyl (C=O) groups excluding carboxylic acids is 1. The van der Waals surface area contributed by atoms with Crippen LogP contribution < -0.4 is 5.32 Å². The maximum Gasteiger partial charge on any atom is 0.244 e. The molecule has 0 aliphatic carbocycles. The van der Waals surface area contributed by atoms with Crippen LogP contribution in [0.3, 0.4) is 0 Å². The third-order valence-electron chi connectivity index (χ3n) is 3.47. The number of hydrogen-bond acceptors (Lipinski definition) is 3. The van der Waals surface area contributed by atoms with Gasteiger partial charge in [0.1, 0.15) is 5.76 Å². The number of rotatable bonds is 5. The summed E-state index contributed by atoms with van der Waals surface area (Å²) in [5.74, 6) is 0.674. The standard InChI is InChI=1S/C15H21IN2O2/c1-2-9-18-10-7-12(8-11-18)17-15(19)6-4-13-3-5-14(16)20-13/h3-6,12H,2,7-11H2,1H3,(H,17,19)/b6-4+. The normalized spacial score (nSPS) is 17.7. The van der Waals surface area contributed by atoms with Crippen LogP contribution >= 0.6 is 22.6 Å². The van der Waals surface area contributed by atoms with Gasteiger partial charge in [-0.1, -0.05) is 6.92 Å². The lowest BCUT2D eigenvalue weighted by Crippen LogP contribution is -2.44. The number of nitrogens with one attached hydrogen (secondary N) is 1. The van der Waals surface area contributed by atoms with Gasteiger partial charge in [0.2, 0.25) is 5.91 Å². The number of furan rings is 1. The van der Waals surface area contributed by atoms with Crippen molar-refractivity contribution in [3.8, 4) is 0 Å². The monoisotopic (exact) mass is 388 g/mol. The molecule has 20 heavy (non-hydrogen) atoms. The lowest BCUT2D eigenvalue weighted by atomic mass is 10.0. The third-order valence-corrected chi connectivity index (χ3v) is 4.05. The Morgan fingerprint density at radius 2 is 2.25 bits per heavy atom. The topological polar surface area (TPSA) is 45.5 Å². The van der Waals surface area contributed by atoms with E-state index in [0.29, 0.717) is 11.8 Å². The van der Waals surface area contributed by atoms with Crippen LogP contribution in [0.15, 0.2) is 22.6 Å². The summed E-state index contributed by atoms with van der Waals surface area (Å²) in [4.78, 5) is 14.3. The summed E-state index contributed by atoms with van der Waals surface area (Å²) in [5.41, 5.74) is 0. The SMILES string of the molecule is CCCN1CCC(NC(=O)/C=C/c2ccc(I)o2)CC1. The van der Waals surface area contributed by atoms with Gasteiger partial charge in [-0.15, -0.1) is 0 Å². The van der Waals surface area contributed by atoms with Crippen LogP contribution in [0.5, 0.6) is 0 Å². The fourth-order valence-corrected chi connectivity index (χ4v) is 2.88. The van der Waals surface area contributed by atoms with Gasteiger partial charge >= 0.3 is 0 Å². The van der Waals surface area contributed by atoms with E-state index in [1.54, 1.807) is 12.2 Å². The van der Waals surface area contributed by atoms with Crippen LogP contribution in [0.4, 0.5) is 0 Å². The van der Waals surface area contributed by atoms with Gasteiger partial charge in [-0.2, -0.15) is 0 Å². The zero-order valence-electron chi connectivity index (χ0n) is 11.8. The maximum absolute atomic E-state index is 11.8. The molecule has 0 radical (unpaired) electrons. The Morgan fingerprint density at radius 3 is 2.85 bits per heavy atom. The molecule has 0 bridgehead atoms. The summed E-state index contributed by atoms with van der Waals surface area (Å²) in [5, 5.41) is 3.06. The Labute approximate surface area is 133 Å². The van der Waals surface area contributed by atoms with Gasteiger partial charge in [0.15, 0.2) is 3.77 Å². The van der Waals surface area contributed by atoms with Crippen molar-refractivity contribution in [3.05, 3.63) is 27.7 Å². The summed E-state index contributed by atoms with van der Waals surface area (Å²) >= 11 is 2.10. The van der Waals surface area contributed by atoms with E-state index in [-0.39, 0.29) is 5.91 Å². The second-order valence-corrected chi connectivity index (χ2v) is 6.16. The number of nitrogens with zero attached hydrogens (tertiary/aromatic N) is 1. The predicted molar refractivity (Wildman–Crippen MR) is 88.4 cm³/mol. The van der Waals surface area contributed by atoms with Crippen molar-refractivity contribution in [2.24, 2.45) is 0 Å². The number of carbonyl (C=O) groups is 1. The van der Waals surface area contributed by atoms with Gasteiger partial charge in [-0.25, -0.2) is 0 Å². The number of amides is 1. The highest BCUT2D eigenvalue weighted by Gasteiger charge is 2.19. The van der Waals surface area contributed by atoms with Gasteiger partial charge in [0.05, 0.1) is 0 Å². The molecule has 2 heterocycles. The summed E-state index contributed by atoms with van der Waals surface area (Å²) in [6.45, 7) is 5.53. The van der Waals surface area contributed by atoms with Crippen LogP contribution in [-0.2, 0) is 4.79 Å². The molecule has 1 aromatic heterocycles. The molecule has 0 unspecified atom stereocenters. The van der Waals surface area contributed by atoms with Crippen molar-refractivity contribution in [2.75, 3.05) is 19.6 Å². The Balaban J connectivity index is 1.74. The van der Waals surface area contributed by atoms with E-state index in [0.717, 1.165) is 36.2 Å². The Kier molecular flexibility index (Phi) is 6.09. The maximum atomic E-state index is 11.8. The average Bonchev–Trinajstić information content (AvgIpc) is 2.85. The van der Waals surface area contributed by atoms with Crippen molar-refractivity contribution in [1.29, 1.82) is 0 Å². The van der Waals surface area contributed by atoms with Crippen LogP contribution in [-0.4, -0.2) is 36.5 Å². The van der Waals surface area contributed by atoms with Crippen molar-refractivity contribution in [1.82, 2.24) is 10.2 Å². The van der Waals surface area contributed by atoms with Crippen LogP contribution in [0.2, 0.25) is 0 Å². The first-order valence-corrected chi connectivity index (χ1v) is 8.21. The minimum Gasteiger partial charge on any atom is -0.451 e. The molecule has 1 fully saturated rings. The molecule has 1 aliphatic rings. The molecule has 1 aliphatic heterocycles. The Bertz CT molecular complexity index is 462. The fraction of sp³-hybridized carbons (Fsp3) is 0.533. The van der Waals surface area contributed by atoms with E-state index in [1.165, 1.54) is 6.42 Å². The summed E-state index contributed by atoms with van der Waals surface area (Å²) in [6, 6.07) is 4.04. The molecule has 0 aromatic carbocycles. The van der Waals surface area contributed by atoms with Crippen molar-refractivity contribution in [2.45, 2.75) is 32.2 Å². The van der Waals surface area contributed by atoms with Crippen LogP contribution in [0.25, 0.3) is 6.08 Å². The van der Waals surface area contributed by atoms with Crippen molar-refractivity contribution >= 4 is 34.6 Å². The number of likely N-dealkylation sites (tertiary alicyclic amines) is 1. The van der Waals surface area contributed by atoms with Gasteiger partial charge in [-0.3, -0.25) is 4.79 Å². The summed E-state index contributed by atoms with van der Waals surface area (Å²) in [7, 11) is 0. The van der Waals surface area contributed by atoms with E-state index in [4.69, 9.17) is 4.42 Å². The first kappa shape index (κ1) is 15.6. The zero-order chi connectivity index (χ0) is 14.4. The molecule has 1 N–H and O–H groups in total. The molecule has 5 heteroatoms. The van der Waals surface area contributed by atoms with Crippen LogP contribution in [0, 0.1) is 3.77 Å². The molecule has 0 saturated carbocycles. The van der Waals surface area contributed by atoms with Gasteiger partial charge in [0, 0.05) is 25.2 Å². The first-order valence-electron chi connectivity index (χ1n) is 7.13. The van der Waals surface area contributed by atoms with E-state index in [1.807, 2.05) is 12.1 Å². The molecule has 1 aromatic rings. The van der Waals surface area contributed by atoms with Crippen molar-refractivity contribution in [3.63, 3.8) is 0 Å². The van der Waals surface area contributed by atoms with Gasteiger partial charge in [0.25, 0.3) is 0 Å². The minimum atomic E-state index is -0.0367. The van der Waals surface area contributed by atoms with Gasteiger partial charge < -0.3 is 14.6 Å². The second-order valence-electron chi connectivity index (χ2n) is 5.10. The first-order chi connectivity index (χ1) is 9.67. The second kappa shape index (κ2) is 7.83. The zero-order valence-corrected chi connectivity index (χ0v) is 13.9. The summed E-state index contributed by atoms with van der Waals surface area (Å²) < 4.78 is 6.20. The largest absolute Gasteiger partial charge is 0.451 e. The predicted octanol–water partition coefficient (Wildman–Crippen LogP) is 2.89. The molecular formula is C15H21IN2O2. The van der Waals surface area contributed by atoms with E-state index in [2.05, 4.69) is 39.7 Å². The van der Waals surface area contributed by atoms with Crippen molar-refractivity contribution < 1.29 is 9.21 Å². The van der Waals surface area contributed by atoms with E-state index >= 15 is 0 Å². The molecule has 4 nitrogen and oxygen atoms in total. The molecule has 0 spiro atoms. The fourth-order valence-electron chi connectivity index (χ4n) is 2.44. The van der Waals surface area contributed by atoms with E-state index < -0.39 is 0 Å². The quantitative estimate of drug-likeness (QED) is 0.623. The Morgan fingerprint density at radius 1 is 1.50 bits per heavy atom. The summed E-state index contributed by atoms with van der Waals surface area (Å²) in [6.07, 6.45) is 6.54. The average molecular weight is 388 g/mol. The van der Waals surface area contributed by atoms with E-state index in [9.17, 15) is 4.79 Å². The Hall–Kier alpha value is -0.820. The molecule has 1 saturated heterocycles. The number of halogens is 1. The highest BCUT2D eigenvalue weighted by molar-refractivity contribution is 14.1. The molecular weight excluding hydrogens is 367 g/mol. The number of hydrogen-bond donors (Lipinski definition) is 1. The molecule has 110 valence electrons. The third kappa shape index (κ3) is 4.94.